The van der Waals surface area contributed by atoms with Gasteiger partial charge in [-0.05, 0) is 19.3 Å². The fourth-order valence-corrected chi connectivity index (χ4v) is 2.96. The normalized spacial score (nSPS) is 25.1. The van der Waals surface area contributed by atoms with Crippen LogP contribution in [0.25, 0.3) is 0 Å². The van der Waals surface area contributed by atoms with E-state index in [4.69, 9.17) is 0 Å². The number of carboxylic acid groups (broad SMARTS) is 1. The fraction of sp³-hybridized carbons (Fsp3) is 0.769. The van der Waals surface area contributed by atoms with Gasteiger partial charge in [0.2, 0.25) is 11.8 Å². The summed E-state index contributed by atoms with van der Waals surface area (Å²) in [6.07, 6.45) is 4.17. The number of hydrogen-bond acceptors (Lipinski definition) is 3. The smallest absolute Gasteiger partial charge is 0.310 e. The SMILES string of the molecule is O=C(CC1(C(=O)O)CCCC1)NCC1CCC(=O)N1. The van der Waals surface area contributed by atoms with Gasteiger partial charge in [0.1, 0.15) is 0 Å². The second kappa shape index (κ2) is 5.59. The molecule has 2 rings (SSSR count). The highest BCUT2D eigenvalue weighted by Gasteiger charge is 2.43. The first-order valence-electron chi connectivity index (χ1n) is 6.81. The molecule has 1 unspecified atom stereocenters. The lowest BCUT2D eigenvalue weighted by atomic mass is 9.82. The summed E-state index contributed by atoms with van der Waals surface area (Å²) in [5.41, 5.74) is -0.872. The second-order valence-electron chi connectivity index (χ2n) is 5.58. The van der Waals surface area contributed by atoms with Gasteiger partial charge in [-0.3, -0.25) is 14.4 Å². The summed E-state index contributed by atoms with van der Waals surface area (Å²) in [6.45, 7) is 0.389. The highest BCUT2D eigenvalue weighted by Crippen LogP contribution is 2.41. The molecule has 2 fully saturated rings. The molecular weight excluding hydrogens is 248 g/mol. The third kappa shape index (κ3) is 3.24. The maximum Gasteiger partial charge on any atom is 0.310 e. The molecule has 0 radical (unpaired) electrons. The maximum atomic E-state index is 11.9. The molecule has 0 aromatic rings. The van der Waals surface area contributed by atoms with E-state index < -0.39 is 11.4 Å². The Morgan fingerprint density at radius 1 is 1.37 bits per heavy atom. The van der Waals surface area contributed by atoms with Gasteiger partial charge in [-0.1, -0.05) is 12.8 Å². The third-order valence-electron chi connectivity index (χ3n) is 4.14. The van der Waals surface area contributed by atoms with Crippen LogP contribution in [0.2, 0.25) is 0 Å². The van der Waals surface area contributed by atoms with Crippen LogP contribution in [0.1, 0.15) is 44.9 Å². The predicted molar refractivity (Wildman–Crippen MR) is 67.3 cm³/mol. The summed E-state index contributed by atoms with van der Waals surface area (Å²) >= 11 is 0. The largest absolute Gasteiger partial charge is 0.481 e. The molecule has 2 aliphatic rings. The van der Waals surface area contributed by atoms with Gasteiger partial charge in [0.15, 0.2) is 0 Å². The van der Waals surface area contributed by atoms with Crippen molar-refractivity contribution in [3.63, 3.8) is 0 Å². The monoisotopic (exact) mass is 268 g/mol. The summed E-state index contributed by atoms with van der Waals surface area (Å²) in [5, 5.41) is 14.8. The highest BCUT2D eigenvalue weighted by molar-refractivity contribution is 5.85. The van der Waals surface area contributed by atoms with Gasteiger partial charge in [0, 0.05) is 25.4 Å². The third-order valence-corrected chi connectivity index (χ3v) is 4.14. The number of carbonyl (C=O) groups is 3. The molecule has 6 nitrogen and oxygen atoms in total. The molecule has 1 heterocycles. The molecule has 1 atom stereocenters. The Morgan fingerprint density at radius 3 is 2.58 bits per heavy atom. The van der Waals surface area contributed by atoms with E-state index in [1.807, 2.05) is 0 Å². The topological polar surface area (TPSA) is 95.5 Å². The van der Waals surface area contributed by atoms with E-state index in [1.165, 1.54) is 0 Å². The molecule has 1 saturated heterocycles. The summed E-state index contributed by atoms with van der Waals surface area (Å²) in [7, 11) is 0. The number of carboxylic acids is 1. The van der Waals surface area contributed by atoms with Crippen molar-refractivity contribution in [2.75, 3.05) is 6.54 Å². The number of amides is 2. The summed E-state index contributed by atoms with van der Waals surface area (Å²) in [4.78, 5) is 34.2. The van der Waals surface area contributed by atoms with Gasteiger partial charge in [0.05, 0.1) is 5.41 Å². The van der Waals surface area contributed by atoms with Crippen molar-refractivity contribution >= 4 is 17.8 Å². The first kappa shape index (κ1) is 13.8. The number of aliphatic carboxylic acids is 1. The minimum atomic E-state index is -0.872. The molecule has 0 aromatic carbocycles. The van der Waals surface area contributed by atoms with Gasteiger partial charge < -0.3 is 15.7 Å². The molecule has 0 bridgehead atoms. The van der Waals surface area contributed by atoms with Crippen molar-refractivity contribution in [1.82, 2.24) is 10.6 Å². The average Bonchev–Trinajstić information content (AvgIpc) is 2.97. The molecule has 19 heavy (non-hydrogen) atoms. The minimum Gasteiger partial charge on any atom is -0.481 e. The lowest BCUT2D eigenvalue weighted by Crippen LogP contribution is -2.41. The van der Waals surface area contributed by atoms with Crippen molar-refractivity contribution in [1.29, 1.82) is 0 Å². The zero-order valence-corrected chi connectivity index (χ0v) is 10.9. The first-order valence-corrected chi connectivity index (χ1v) is 6.81. The Kier molecular flexibility index (Phi) is 4.07. The Labute approximate surface area is 111 Å². The molecule has 1 saturated carbocycles. The molecular formula is C13H20N2O4. The predicted octanol–water partition coefficient (Wildman–Crippen LogP) is 0.416. The molecule has 106 valence electrons. The molecule has 6 heteroatoms. The quantitative estimate of drug-likeness (QED) is 0.673. The van der Waals surface area contributed by atoms with Gasteiger partial charge in [-0.2, -0.15) is 0 Å². The Hall–Kier alpha value is -1.59. The Bertz CT molecular complexity index is 388. The van der Waals surface area contributed by atoms with E-state index in [2.05, 4.69) is 10.6 Å². The lowest BCUT2D eigenvalue weighted by molar-refractivity contribution is -0.151. The average molecular weight is 268 g/mol. The van der Waals surface area contributed by atoms with Crippen LogP contribution < -0.4 is 10.6 Å². The summed E-state index contributed by atoms with van der Waals surface area (Å²) in [5.74, 6) is -1.09. The maximum absolute atomic E-state index is 11.9. The van der Waals surface area contributed by atoms with Crippen molar-refractivity contribution < 1.29 is 19.5 Å². The van der Waals surface area contributed by atoms with Crippen LogP contribution in [0, 0.1) is 5.41 Å². The van der Waals surface area contributed by atoms with Crippen LogP contribution in [0.3, 0.4) is 0 Å². The van der Waals surface area contributed by atoms with Gasteiger partial charge in [0.25, 0.3) is 0 Å². The van der Waals surface area contributed by atoms with E-state index >= 15 is 0 Å². The van der Waals surface area contributed by atoms with Crippen LogP contribution in [0.15, 0.2) is 0 Å². The fourth-order valence-electron chi connectivity index (χ4n) is 2.96. The highest BCUT2D eigenvalue weighted by atomic mass is 16.4. The van der Waals surface area contributed by atoms with E-state index in [9.17, 15) is 19.5 Å². The lowest BCUT2D eigenvalue weighted by Gasteiger charge is -2.23. The van der Waals surface area contributed by atoms with E-state index in [0.29, 0.717) is 25.8 Å². The standard InChI is InChI=1S/C13H20N2O4/c16-10-4-3-9(15-10)8-14-11(17)7-13(12(18)19)5-1-2-6-13/h9H,1-8H2,(H,14,17)(H,15,16)(H,18,19). The molecule has 1 aliphatic heterocycles. The number of carbonyl (C=O) groups excluding carboxylic acids is 2. The molecule has 3 N–H and O–H groups in total. The van der Waals surface area contributed by atoms with Crippen LogP contribution >= 0.6 is 0 Å². The van der Waals surface area contributed by atoms with Crippen LogP contribution in [0.4, 0.5) is 0 Å². The Morgan fingerprint density at radius 2 is 2.05 bits per heavy atom. The van der Waals surface area contributed by atoms with Gasteiger partial charge in [-0.25, -0.2) is 0 Å². The van der Waals surface area contributed by atoms with Crippen molar-refractivity contribution in [2.45, 2.75) is 51.0 Å². The van der Waals surface area contributed by atoms with Crippen molar-refractivity contribution in [3.05, 3.63) is 0 Å². The zero-order valence-electron chi connectivity index (χ0n) is 10.9. The second-order valence-corrected chi connectivity index (χ2v) is 5.58. The van der Waals surface area contributed by atoms with Crippen molar-refractivity contribution in [2.24, 2.45) is 5.41 Å². The first-order chi connectivity index (χ1) is 9.02. The number of hydrogen-bond donors (Lipinski definition) is 3. The summed E-state index contributed by atoms with van der Waals surface area (Å²) < 4.78 is 0. The number of nitrogens with one attached hydrogen (secondary N) is 2. The minimum absolute atomic E-state index is 0.0112. The van der Waals surface area contributed by atoms with Crippen molar-refractivity contribution in [3.8, 4) is 0 Å². The number of rotatable bonds is 5. The van der Waals surface area contributed by atoms with Crippen LogP contribution in [-0.4, -0.2) is 35.5 Å². The van der Waals surface area contributed by atoms with E-state index in [0.717, 1.165) is 19.3 Å². The molecule has 0 spiro atoms. The van der Waals surface area contributed by atoms with Crippen LogP contribution in [-0.2, 0) is 14.4 Å². The zero-order chi connectivity index (χ0) is 13.9. The van der Waals surface area contributed by atoms with E-state index in [-0.39, 0.29) is 24.3 Å². The molecule has 2 amide bonds. The molecule has 1 aliphatic carbocycles. The van der Waals surface area contributed by atoms with Gasteiger partial charge in [-0.15, -0.1) is 0 Å². The Balaban J connectivity index is 1.80. The summed E-state index contributed by atoms with van der Waals surface area (Å²) in [6, 6.07) is -0.0131. The molecule has 0 aromatic heterocycles. The van der Waals surface area contributed by atoms with E-state index in [1.54, 1.807) is 0 Å². The van der Waals surface area contributed by atoms with Crippen LogP contribution in [0.5, 0.6) is 0 Å². The van der Waals surface area contributed by atoms with Gasteiger partial charge >= 0.3 is 5.97 Å².